The Morgan fingerprint density at radius 3 is 2.87 bits per heavy atom. The second-order valence-electron chi connectivity index (χ2n) is 4.17. The Balaban J connectivity index is 2.28. The van der Waals surface area contributed by atoms with E-state index in [0.717, 1.165) is 30.6 Å². The lowest BCUT2D eigenvalue weighted by molar-refractivity contribution is 0.611. The highest BCUT2D eigenvalue weighted by atomic mass is 19.1. The zero-order chi connectivity index (χ0) is 10.8. The third kappa shape index (κ3) is 1.97. The first-order valence-corrected chi connectivity index (χ1v) is 5.47. The van der Waals surface area contributed by atoms with Crippen LogP contribution >= 0.6 is 0 Å². The molecule has 1 unspecified atom stereocenters. The van der Waals surface area contributed by atoms with Crippen molar-refractivity contribution in [2.75, 3.05) is 11.4 Å². The Bertz CT molecular complexity index is 351. The van der Waals surface area contributed by atoms with Crippen molar-refractivity contribution in [2.45, 2.75) is 32.4 Å². The van der Waals surface area contributed by atoms with Gasteiger partial charge in [-0.05, 0) is 37.5 Å². The van der Waals surface area contributed by atoms with E-state index < -0.39 is 0 Å². The summed E-state index contributed by atoms with van der Waals surface area (Å²) in [5.41, 5.74) is 7.04. The number of nitrogens with two attached hydrogens (primary N) is 1. The quantitative estimate of drug-likeness (QED) is 0.807. The van der Waals surface area contributed by atoms with Crippen molar-refractivity contribution in [1.82, 2.24) is 0 Å². The van der Waals surface area contributed by atoms with Gasteiger partial charge < -0.3 is 10.6 Å². The smallest absolute Gasteiger partial charge is 0.146 e. The number of nitrogens with zero attached hydrogens (tertiary/aromatic N) is 1. The van der Waals surface area contributed by atoms with Crippen LogP contribution in [0, 0.1) is 5.82 Å². The maximum Gasteiger partial charge on any atom is 0.146 e. The van der Waals surface area contributed by atoms with Crippen LogP contribution in [0.3, 0.4) is 0 Å². The largest absolute Gasteiger partial charge is 0.366 e. The molecule has 1 fully saturated rings. The molecule has 0 amide bonds. The van der Waals surface area contributed by atoms with E-state index in [0.29, 0.717) is 12.6 Å². The third-order valence-electron chi connectivity index (χ3n) is 3.11. The molecule has 1 saturated heterocycles. The lowest BCUT2D eigenvalue weighted by atomic mass is 10.1. The molecule has 1 aliphatic rings. The Labute approximate surface area is 89.9 Å². The molecule has 2 N–H and O–H groups in total. The van der Waals surface area contributed by atoms with E-state index in [1.807, 2.05) is 12.1 Å². The summed E-state index contributed by atoms with van der Waals surface area (Å²) in [5, 5.41) is 0. The Hall–Kier alpha value is -1.09. The van der Waals surface area contributed by atoms with Crippen LogP contribution in [0.1, 0.15) is 25.3 Å². The summed E-state index contributed by atoms with van der Waals surface area (Å²) in [6.45, 7) is 3.50. The van der Waals surface area contributed by atoms with Gasteiger partial charge in [-0.25, -0.2) is 4.39 Å². The number of hydrogen-bond donors (Lipinski definition) is 1. The van der Waals surface area contributed by atoms with Crippen molar-refractivity contribution in [3.8, 4) is 0 Å². The summed E-state index contributed by atoms with van der Waals surface area (Å²) in [6, 6.07) is 5.74. The molecule has 0 spiro atoms. The molecule has 1 heterocycles. The van der Waals surface area contributed by atoms with E-state index in [-0.39, 0.29) is 5.82 Å². The van der Waals surface area contributed by atoms with Gasteiger partial charge in [-0.2, -0.15) is 0 Å². The van der Waals surface area contributed by atoms with Crippen molar-refractivity contribution >= 4 is 5.69 Å². The zero-order valence-corrected chi connectivity index (χ0v) is 9.04. The Kier molecular flexibility index (Phi) is 2.91. The van der Waals surface area contributed by atoms with E-state index in [1.54, 1.807) is 6.07 Å². The Morgan fingerprint density at radius 2 is 2.33 bits per heavy atom. The average Bonchev–Trinajstić information content (AvgIpc) is 2.64. The van der Waals surface area contributed by atoms with Gasteiger partial charge in [-0.3, -0.25) is 0 Å². The van der Waals surface area contributed by atoms with Crippen molar-refractivity contribution in [3.63, 3.8) is 0 Å². The molecule has 0 aromatic heterocycles. The zero-order valence-electron chi connectivity index (χ0n) is 9.04. The minimum Gasteiger partial charge on any atom is -0.366 e. The summed E-state index contributed by atoms with van der Waals surface area (Å²) in [4.78, 5) is 2.13. The standard InChI is InChI=1S/C12H17FN2/c1-9-3-2-6-15(9)12-5-4-10(8-14)7-11(12)13/h4-5,7,9H,2-3,6,8,14H2,1H3. The monoisotopic (exact) mass is 208 g/mol. The maximum absolute atomic E-state index is 13.8. The van der Waals surface area contributed by atoms with E-state index in [1.165, 1.54) is 0 Å². The van der Waals surface area contributed by atoms with Crippen LogP contribution in [0.2, 0.25) is 0 Å². The second-order valence-corrected chi connectivity index (χ2v) is 4.17. The molecule has 82 valence electrons. The van der Waals surface area contributed by atoms with Gasteiger partial charge in [0, 0.05) is 19.1 Å². The lowest BCUT2D eigenvalue weighted by Gasteiger charge is -2.24. The molecule has 0 saturated carbocycles. The minimum absolute atomic E-state index is 0.147. The molecule has 1 aromatic rings. The first-order chi connectivity index (χ1) is 7.22. The normalized spacial score (nSPS) is 21.0. The first kappa shape index (κ1) is 10.4. The van der Waals surface area contributed by atoms with Gasteiger partial charge in [0.05, 0.1) is 5.69 Å². The van der Waals surface area contributed by atoms with Gasteiger partial charge >= 0.3 is 0 Å². The lowest BCUT2D eigenvalue weighted by Crippen LogP contribution is -2.27. The van der Waals surface area contributed by atoms with E-state index in [9.17, 15) is 4.39 Å². The van der Waals surface area contributed by atoms with E-state index >= 15 is 0 Å². The van der Waals surface area contributed by atoms with Crippen LogP contribution in [-0.2, 0) is 6.54 Å². The minimum atomic E-state index is -0.147. The number of hydrogen-bond acceptors (Lipinski definition) is 2. The number of anilines is 1. The summed E-state index contributed by atoms with van der Waals surface area (Å²) in [6.07, 6.45) is 2.30. The molecular formula is C12H17FN2. The molecule has 3 heteroatoms. The predicted molar refractivity (Wildman–Crippen MR) is 60.3 cm³/mol. The number of rotatable bonds is 2. The van der Waals surface area contributed by atoms with Gasteiger partial charge in [0.15, 0.2) is 0 Å². The van der Waals surface area contributed by atoms with E-state index in [2.05, 4.69) is 11.8 Å². The van der Waals surface area contributed by atoms with Crippen LogP contribution in [0.4, 0.5) is 10.1 Å². The van der Waals surface area contributed by atoms with Crippen molar-refractivity contribution in [2.24, 2.45) is 5.73 Å². The number of benzene rings is 1. The highest BCUT2D eigenvalue weighted by Crippen LogP contribution is 2.28. The molecule has 1 aromatic carbocycles. The molecule has 0 bridgehead atoms. The van der Waals surface area contributed by atoms with Gasteiger partial charge in [0.25, 0.3) is 0 Å². The molecule has 15 heavy (non-hydrogen) atoms. The summed E-state index contributed by atoms with van der Waals surface area (Å²) in [7, 11) is 0. The summed E-state index contributed by atoms with van der Waals surface area (Å²) >= 11 is 0. The molecular weight excluding hydrogens is 191 g/mol. The SMILES string of the molecule is CC1CCCN1c1ccc(CN)cc1F. The fraction of sp³-hybridized carbons (Fsp3) is 0.500. The van der Waals surface area contributed by atoms with Crippen LogP contribution < -0.4 is 10.6 Å². The maximum atomic E-state index is 13.8. The fourth-order valence-electron chi connectivity index (χ4n) is 2.20. The Morgan fingerprint density at radius 1 is 1.53 bits per heavy atom. The van der Waals surface area contributed by atoms with E-state index in [4.69, 9.17) is 5.73 Å². The van der Waals surface area contributed by atoms with Crippen LogP contribution in [0.25, 0.3) is 0 Å². The predicted octanol–water partition coefficient (Wildman–Crippen LogP) is 2.27. The van der Waals surface area contributed by atoms with Crippen LogP contribution in [-0.4, -0.2) is 12.6 Å². The number of halogens is 1. The molecule has 0 aliphatic carbocycles. The first-order valence-electron chi connectivity index (χ1n) is 5.47. The summed E-state index contributed by atoms with van der Waals surface area (Å²) in [5.74, 6) is -0.147. The van der Waals surface area contributed by atoms with Crippen molar-refractivity contribution in [3.05, 3.63) is 29.6 Å². The highest BCUT2D eigenvalue weighted by Gasteiger charge is 2.22. The topological polar surface area (TPSA) is 29.3 Å². The third-order valence-corrected chi connectivity index (χ3v) is 3.11. The van der Waals surface area contributed by atoms with Crippen molar-refractivity contribution < 1.29 is 4.39 Å². The van der Waals surface area contributed by atoms with Gasteiger partial charge in [-0.1, -0.05) is 6.07 Å². The van der Waals surface area contributed by atoms with Crippen LogP contribution in [0.15, 0.2) is 18.2 Å². The highest BCUT2D eigenvalue weighted by molar-refractivity contribution is 5.50. The van der Waals surface area contributed by atoms with Crippen LogP contribution in [0.5, 0.6) is 0 Å². The van der Waals surface area contributed by atoms with Gasteiger partial charge in [0.2, 0.25) is 0 Å². The van der Waals surface area contributed by atoms with Crippen molar-refractivity contribution in [1.29, 1.82) is 0 Å². The summed E-state index contributed by atoms with van der Waals surface area (Å²) < 4.78 is 13.8. The average molecular weight is 208 g/mol. The molecule has 2 rings (SSSR count). The molecule has 2 nitrogen and oxygen atoms in total. The molecule has 1 atom stereocenters. The van der Waals surface area contributed by atoms with Gasteiger partial charge in [0.1, 0.15) is 5.82 Å². The molecule has 0 radical (unpaired) electrons. The second kappa shape index (κ2) is 4.19. The fourth-order valence-corrected chi connectivity index (χ4v) is 2.20. The molecule has 1 aliphatic heterocycles. The van der Waals surface area contributed by atoms with Gasteiger partial charge in [-0.15, -0.1) is 0 Å².